The molecule has 12 heteroatoms. The van der Waals surface area contributed by atoms with Crippen LogP contribution < -0.4 is 0 Å². The molecule has 0 saturated carbocycles. The lowest BCUT2D eigenvalue weighted by Gasteiger charge is -2.42. The van der Waals surface area contributed by atoms with Gasteiger partial charge in [0.1, 0.15) is 42.7 Å². The van der Waals surface area contributed by atoms with Crippen LogP contribution in [0.15, 0.2) is 0 Å². The molecule has 1 aliphatic heterocycles. The van der Waals surface area contributed by atoms with Gasteiger partial charge in [0.25, 0.3) is 0 Å². The minimum atomic E-state index is -2.39. The maximum atomic E-state index is 10.7. The molecular formula is C12H22O12. The van der Waals surface area contributed by atoms with Gasteiger partial charge in [0.2, 0.25) is 0 Å². The van der Waals surface area contributed by atoms with Crippen LogP contribution >= 0.6 is 0 Å². The first-order chi connectivity index (χ1) is 11.1. The van der Waals surface area contributed by atoms with Crippen LogP contribution in [0.5, 0.6) is 0 Å². The summed E-state index contributed by atoms with van der Waals surface area (Å²) in [5.41, 5.74) is 0. The highest BCUT2D eigenvalue weighted by atomic mass is 16.7. The molecule has 0 aromatic carbocycles. The fraction of sp³-hybridized carbons (Fsp3) is 0.917. The number of ether oxygens (including phenoxy) is 2. The summed E-state index contributed by atoms with van der Waals surface area (Å²) in [6, 6.07) is 0. The van der Waals surface area contributed by atoms with E-state index in [-0.39, 0.29) is 0 Å². The summed E-state index contributed by atoms with van der Waals surface area (Å²) in [6.45, 7) is -1.76. The Hall–Kier alpha value is -0.930. The zero-order chi connectivity index (χ0) is 18.6. The predicted molar refractivity (Wildman–Crippen MR) is 71.4 cm³/mol. The Labute approximate surface area is 135 Å². The van der Waals surface area contributed by atoms with Crippen molar-refractivity contribution in [2.75, 3.05) is 13.2 Å². The molecule has 0 aliphatic carbocycles. The van der Waals surface area contributed by atoms with Gasteiger partial charge in [0.05, 0.1) is 13.2 Å². The molecule has 1 aliphatic rings. The van der Waals surface area contributed by atoms with Crippen LogP contribution in [-0.2, 0) is 14.3 Å². The molecule has 0 radical (unpaired) electrons. The van der Waals surface area contributed by atoms with Crippen molar-refractivity contribution in [3.8, 4) is 0 Å². The van der Waals surface area contributed by atoms with E-state index in [0.717, 1.165) is 0 Å². The molecule has 0 bridgehead atoms. The minimum Gasteiger partial charge on any atom is -0.479 e. The van der Waals surface area contributed by atoms with E-state index >= 15 is 0 Å². The van der Waals surface area contributed by atoms with E-state index in [1.807, 2.05) is 0 Å². The van der Waals surface area contributed by atoms with Crippen molar-refractivity contribution < 1.29 is 60.2 Å². The molecule has 9 N–H and O–H groups in total. The number of aliphatic carboxylic acids is 1. The number of aliphatic hydroxyl groups is 8. The van der Waals surface area contributed by atoms with Crippen LogP contribution in [0.25, 0.3) is 0 Å². The fourth-order valence-corrected chi connectivity index (χ4v) is 2.16. The Bertz CT molecular complexity index is 403. The highest BCUT2D eigenvalue weighted by Gasteiger charge is 2.47. The first-order valence-electron chi connectivity index (χ1n) is 6.99. The molecule has 12 nitrogen and oxygen atoms in total. The maximum Gasteiger partial charge on any atom is 0.335 e. The number of hydrogen-bond donors (Lipinski definition) is 9. The molecule has 0 spiro atoms. The van der Waals surface area contributed by atoms with E-state index in [9.17, 15) is 35.4 Å². The summed E-state index contributed by atoms with van der Waals surface area (Å²) >= 11 is 0. The number of carbonyl (C=O) groups is 1. The highest BCUT2D eigenvalue weighted by molar-refractivity contribution is 5.72. The Balaban J connectivity index is 2.94. The topological polar surface area (TPSA) is 218 Å². The molecule has 142 valence electrons. The number of carboxylic acids is 1. The largest absolute Gasteiger partial charge is 0.479 e. The van der Waals surface area contributed by atoms with Crippen molar-refractivity contribution in [3.05, 3.63) is 0 Å². The molecule has 0 aromatic rings. The van der Waals surface area contributed by atoms with Gasteiger partial charge in [0, 0.05) is 0 Å². The fourth-order valence-electron chi connectivity index (χ4n) is 2.16. The lowest BCUT2D eigenvalue weighted by Crippen LogP contribution is -2.61. The second-order valence-corrected chi connectivity index (χ2v) is 5.32. The molecule has 0 amide bonds. The molecule has 1 saturated heterocycles. The normalized spacial score (nSPS) is 35.9. The van der Waals surface area contributed by atoms with Gasteiger partial charge in [-0.3, -0.25) is 0 Å². The van der Waals surface area contributed by atoms with Gasteiger partial charge in [-0.2, -0.15) is 0 Å². The van der Waals surface area contributed by atoms with Gasteiger partial charge in [-0.15, -0.1) is 0 Å². The molecule has 1 heterocycles. The SMILES string of the molecule is O=C(O)C(O)C(O)C(O[C@@H]1OC(CO)[C@H](O)C(O)[C@@H]1O)C(O)CO. The number of hydrogen-bond acceptors (Lipinski definition) is 11. The molecule has 1 fully saturated rings. The van der Waals surface area contributed by atoms with Crippen molar-refractivity contribution in [2.45, 2.75) is 55.1 Å². The third-order valence-corrected chi connectivity index (χ3v) is 3.62. The Morgan fingerprint density at radius 2 is 1.62 bits per heavy atom. The summed E-state index contributed by atoms with van der Waals surface area (Å²) in [4.78, 5) is 10.7. The first-order valence-corrected chi connectivity index (χ1v) is 6.99. The maximum absolute atomic E-state index is 10.7. The molecule has 1 rings (SSSR count). The number of aliphatic hydroxyl groups excluding tert-OH is 8. The van der Waals surface area contributed by atoms with Gasteiger partial charge in [-0.05, 0) is 0 Å². The molecule has 6 unspecified atom stereocenters. The van der Waals surface area contributed by atoms with E-state index in [1.54, 1.807) is 0 Å². The quantitative estimate of drug-likeness (QED) is 0.198. The highest BCUT2D eigenvalue weighted by Crippen LogP contribution is 2.24. The molecule has 24 heavy (non-hydrogen) atoms. The van der Waals surface area contributed by atoms with Crippen LogP contribution in [0.2, 0.25) is 0 Å². The predicted octanol–water partition coefficient (Wildman–Crippen LogP) is -5.67. The minimum absolute atomic E-state index is 0.766. The zero-order valence-electron chi connectivity index (χ0n) is 12.4. The summed E-state index contributed by atoms with van der Waals surface area (Å²) in [5.74, 6) is -1.84. The average molecular weight is 358 g/mol. The molecule has 0 aromatic heterocycles. The third-order valence-electron chi connectivity index (χ3n) is 3.62. The smallest absolute Gasteiger partial charge is 0.335 e. The van der Waals surface area contributed by atoms with Gasteiger partial charge in [-0.25, -0.2) is 4.79 Å². The number of rotatable bonds is 8. The Morgan fingerprint density at radius 3 is 2.08 bits per heavy atom. The monoisotopic (exact) mass is 358 g/mol. The lowest BCUT2D eigenvalue weighted by molar-refractivity contribution is -0.326. The van der Waals surface area contributed by atoms with Crippen molar-refractivity contribution in [2.24, 2.45) is 0 Å². The summed E-state index contributed by atoms with van der Waals surface area (Å²) in [6.07, 6.45) is -16.9. The van der Waals surface area contributed by atoms with Crippen molar-refractivity contribution in [3.63, 3.8) is 0 Å². The number of carboxylic acid groups (broad SMARTS) is 1. The second-order valence-electron chi connectivity index (χ2n) is 5.32. The van der Waals surface area contributed by atoms with Crippen LogP contribution in [0.1, 0.15) is 0 Å². The van der Waals surface area contributed by atoms with E-state index in [0.29, 0.717) is 0 Å². The lowest BCUT2D eigenvalue weighted by atomic mass is 9.98. The second kappa shape index (κ2) is 8.96. The summed E-state index contributed by atoms with van der Waals surface area (Å²) in [5, 5.41) is 84.5. The van der Waals surface area contributed by atoms with Crippen molar-refractivity contribution >= 4 is 5.97 Å². The summed E-state index contributed by atoms with van der Waals surface area (Å²) < 4.78 is 9.98. The molecule has 9 atom stereocenters. The Morgan fingerprint density at radius 1 is 1.04 bits per heavy atom. The van der Waals surface area contributed by atoms with Crippen LogP contribution in [-0.4, -0.2) is 120 Å². The van der Waals surface area contributed by atoms with Crippen LogP contribution in [0.3, 0.4) is 0 Å². The van der Waals surface area contributed by atoms with Gasteiger partial charge in [-0.1, -0.05) is 0 Å². The zero-order valence-corrected chi connectivity index (χ0v) is 12.4. The van der Waals surface area contributed by atoms with Gasteiger partial charge >= 0.3 is 5.97 Å². The van der Waals surface area contributed by atoms with E-state index in [1.165, 1.54) is 0 Å². The first kappa shape index (κ1) is 21.1. The van der Waals surface area contributed by atoms with Gasteiger partial charge < -0.3 is 55.4 Å². The van der Waals surface area contributed by atoms with Crippen molar-refractivity contribution in [1.29, 1.82) is 0 Å². The van der Waals surface area contributed by atoms with E-state index < -0.39 is 74.3 Å². The summed E-state index contributed by atoms with van der Waals surface area (Å²) in [7, 11) is 0. The van der Waals surface area contributed by atoms with Crippen LogP contribution in [0.4, 0.5) is 0 Å². The molecular weight excluding hydrogens is 336 g/mol. The average Bonchev–Trinajstić information content (AvgIpc) is 2.57. The van der Waals surface area contributed by atoms with E-state index in [2.05, 4.69) is 0 Å². The standard InChI is InChI=1S/C12H22O12/c13-1-3(15)10(7(18)8(19)11(21)22)24-12-9(20)6(17)5(16)4(2-14)23-12/h3-10,12-20H,1-2H2,(H,21,22)/t3?,4?,5-,6?,7?,8?,9-,10?,12-/m0/s1. The van der Waals surface area contributed by atoms with Gasteiger partial charge in [0.15, 0.2) is 12.4 Å². The van der Waals surface area contributed by atoms with Crippen LogP contribution in [0, 0.1) is 0 Å². The Kier molecular flexibility index (Phi) is 7.88. The third kappa shape index (κ3) is 4.58. The van der Waals surface area contributed by atoms with E-state index in [4.69, 9.17) is 24.8 Å². The van der Waals surface area contributed by atoms with Crippen molar-refractivity contribution in [1.82, 2.24) is 0 Å².